The maximum Gasteiger partial charge on any atom is 0.222 e. The summed E-state index contributed by atoms with van der Waals surface area (Å²) in [6, 6.07) is 9.78. The molecule has 1 atom stereocenters. The van der Waals surface area contributed by atoms with Crippen LogP contribution in [0.2, 0.25) is 0 Å². The molecule has 2 aromatic rings. The fourth-order valence-electron chi connectivity index (χ4n) is 3.73. The third-order valence-corrected chi connectivity index (χ3v) is 5.41. The fourth-order valence-corrected chi connectivity index (χ4v) is 3.73. The number of piperidine rings is 1. The summed E-state index contributed by atoms with van der Waals surface area (Å²) in [5.74, 6) is 1.75. The Labute approximate surface area is 168 Å². The predicted octanol–water partition coefficient (Wildman–Crippen LogP) is 3.88. The number of carbonyl (C=O) groups is 1. The number of furan rings is 1. The summed E-state index contributed by atoms with van der Waals surface area (Å²) < 4.78 is 5.33. The second-order valence-electron chi connectivity index (χ2n) is 7.61. The van der Waals surface area contributed by atoms with Crippen molar-refractivity contribution in [2.45, 2.75) is 32.1 Å². The lowest BCUT2D eigenvalue weighted by atomic mass is 9.93. The second-order valence-corrected chi connectivity index (χ2v) is 7.61. The molecule has 0 saturated carbocycles. The van der Waals surface area contributed by atoms with Crippen LogP contribution in [0.15, 0.2) is 53.3 Å². The maximum absolute atomic E-state index is 12.5. The van der Waals surface area contributed by atoms with Crippen LogP contribution < -0.4 is 0 Å². The average Bonchev–Trinajstić information content (AvgIpc) is 3.25. The fraction of sp³-hybridized carbons (Fsp3) is 0.478. The summed E-state index contributed by atoms with van der Waals surface area (Å²) >= 11 is 0. The number of hydrogen-bond acceptors (Lipinski definition) is 4. The summed E-state index contributed by atoms with van der Waals surface area (Å²) in [6.45, 7) is 3.88. The largest absolute Gasteiger partial charge is 0.465 e. The van der Waals surface area contributed by atoms with Gasteiger partial charge in [-0.15, -0.1) is 0 Å². The van der Waals surface area contributed by atoms with Crippen LogP contribution in [0.3, 0.4) is 0 Å². The third-order valence-electron chi connectivity index (χ3n) is 5.41. The third kappa shape index (κ3) is 6.64. The van der Waals surface area contributed by atoms with Gasteiger partial charge in [-0.1, -0.05) is 12.1 Å². The van der Waals surface area contributed by atoms with Crippen molar-refractivity contribution in [3.05, 3.63) is 60.3 Å². The number of amides is 1. The van der Waals surface area contributed by atoms with E-state index in [0.29, 0.717) is 12.3 Å². The van der Waals surface area contributed by atoms with Gasteiger partial charge in [0, 0.05) is 51.4 Å². The highest BCUT2D eigenvalue weighted by molar-refractivity contribution is 5.75. The topological polar surface area (TPSA) is 49.6 Å². The van der Waals surface area contributed by atoms with Crippen molar-refractivity contribution in [2.24, 2.45) is 5.92 Å². The van der Waals surface area contributed by atoms with Gasteiger partial charge in [-0.25, -0.2) is 0 Å². The Morgan fingerprint density at radius 1 is 1.36 bits per heavy atom. The number of likely N-dealkylation sites (tertiary alicyclic amines) is 1. The van der Waals surface area contributed by atoms with Gasteiger partial charge < -0.3 is 9.32 Å². The molecule has 1 aliphatic heterocycles. The molecular weight excluding hydrogens is 350 g/mol. The number of rotatable bonds is 9. The van der Waals surface area contributed by atoms with Gasteiger partial charge in [-0.05, 0) is 62.1 Å². The molecule has 3 heterocycles. The molecule has 3 rings (SSSR count). The SMILES string of the molecule is CN(CCc1ccccn1)C(=O)CCC1CCCN(C/C=C/c2ccco2)C1. The molecule has 0 N–H and O–H groups in total. The minimum atomic E-state index is 0.241. The lowest BCUT2D eigenvalue weighted by Gasteiger charge is -2.32. The molecule has 0 aliphatic carbocycles. The van der Waals surface area contributed by atoms with Crippen LogP contribution in [-0.2, 0) is 11.2 Å². The summed E-state index contributed by atoms with van der Waals surface area (Å²) in [6.07, 6.45) is 12.6. The number of pyridine rings is 1. The predicted molar refractivity (Wildman–Crippen MR) is 112 cm³/mol. The van der Waals surface area contributed by atoms with Crippen molar-refractivity contribution in [3.63, 3.8) is 0 Å². The second kappa shape index (κ2) is 10.8. The molecule has 5 heteroatoms. The highest BCUT2D eigenvalue weighted by Gasteiger charge is 2.20. The molecule has 0 bridgehead atoms. The molecule has 1 unspecified atom stereocenters. The smallest absolute Gasteiger partial charge is 0.222 e. The van der Waals surface area contributed by atoms with Crippen LogP contribution in [0.25, 0.3) is 6.08 Å². The molecule has 2 aromatic heterocycles. The zero-order chi connectivity index (χ0) is 19.6. The van der Waals surface area contributed by atoms with Crippen molar-refractivity contribution in [1.82, 2.24) is 14.8 Å². The molecular formula is C23H31N3O2. The Morgan fingerprint density at radius 3 is 3.07 bits per heavy atom. The minimum Gasteiger partial charge on any atom is -0.465 e. The van der Waals surface area contributed by atoms with E-state index in [-0.39, 0.29) is 5.91 Å². The molecule has 1 saturated heterocycles. The quantitative estimate of drug-likeness (QED) is 0.661. The first-order chi connectivity index (χ1) is 13.7. The molecule has 1 amide bonds. The van der Waals surface area contributed by atoms with Crippen LogP contribution in [-0.4, -0.2) is 53.9 Å². The molecule has 150 valence electrons. The zero-order valence-corrected chi connectivity index (χ0v) is 16.8. The minimum absolute atomic E-state index is 0.241. The van der Waals surface area contributed by atoms with E-state index in [1.807, 2.05) is 48.4 Å². The van der Waals surface area contributed by atoms with Gasteiger partial charge in [-0.3, -0.25) is 14.7 Å². The monoisotopic (exact) mass is 381 g/mol. The molecule has 5 nitrogen and oxygen atoms in total. The summed E-state index contributed by atoms with van der Waals surface area (Å²) in [5.41, 5.74) is 1.03. The number of hydrogen-bond donors (Lipinski definition) is 0. The number of nitrogens with zero attached hydrogens (tertiary/aromatic N) is 3. The highest BCUT2D eigenvalue weighted by atomic mass is 16.3. The maximum atomic E-state index is 12.5. The van der Waals surface area contributed by atoms with Crippen molar-refractivity contribution in [1.29, 1.82) is 0 Å². The van der Waals surface area contributed by atoms with E-state index in [1.54, 1.807) is 12.5 Å². The Kier molecular flexibility index (Phi) is 7.85. The number of carbonyl (C=O) groups excluding carboxylic acids is 1. The zero-order valence-electron chi connectivity index (χ0n) is 16.8. The van der Waals surface area contributed by atoms with E-state index in [0.717, 1.165) is 50.5 Å². The molecule has 1 fully saturated rings. The van der Waals surface area contributed by atoms with Crippen LogP contribution in [0.5, 0.6) is 0 Å². The van der Waals surface area contributed by atoms with Crippen molar-refractivity contribution in [3.8, 4) is 0 Å². The van der Waals surface area contributed by atoms with E-state index in [9.17, 15) is 4.79 Å². The number of aromatic nitrogens is 1. The first-order valence-corrected chi connectivity index (χ1v) is 10.3. The molecule has 28 heavy (non-hydrogen) atoms. The van der Waals surface area contributed by atoms with Crippen LogP contribution >= 0.6 is 0 Å². The van der Waals surface area contributed by atoms with E-state index in [2.05, 4.69) is 16.0 Å². The first kappa shape index (κ1) is 20.3. The van der Waals surface area contributed by atoms with Gasteiger partial charge in [0.25, 0.3) is 0 Å². The van der Waals surface area contributed by atoms with Gasteiger partial charge >= 0.3 is 0 Å². The van der Waals surface area contributed by atoms with Gasteiger partial charge in [0.05, 0.1) is 6.26 Å². The van der Waals surface area contributed by atoms with Gasteiger partial charge in [0.2, 0.25) is 5.91 Å². The Hall–Kier alpha value is -2.40. The van der Waals surface area contributed by atoms with Crippen LogP contribution in [0, 0.1) is 5.92 Å². The summed E-state index contributed by atoms with van der Waals surface area (Å²) in [5, 5.41) is 0. The molecule has 0 spiro atoms. The van der Waals surface area contributed by atoms with Gasteiger partial charge in [0.1, 0.15) is 5.76 Å². The van der Waals surface area contributed by atoms with Crippen molar-refractivity contribution >= 4 is 12.0 Å². The van der Waals surface area contributed by atoms with E-state index in [1.165, 1.54) is 12.8 Å². The molecule has 0 radical (unpaired) electrons. The average molecular weight is 382 g/mol. The Bertz CT molecular complexity index is 728. The first-order valence-electron chi connectivity index (χ1n) is 10.3. The summed E-state index contributed by atoms with van der Waals surface area (Å²) in [7, 11) is 1.90. The van der Waals surface area contributed by atoms with E-state index in [4.69, 9.17) is 4.42 Å². The lowest BCUT2D eigenvalue weighted by Crippen LogP contribution is -2.36. The van der Waals surface area contributed by atoms with Gasteiger partial charge in [0.15, 0.2) is 0 Å². The lowest BCUT2D eigenvalue weighted by molar-refractivity contribution is -0.130. The van der Waals surface area contributed by atoms with Crippen LogP contribution in [0.4, 0.5) is 0 Å². The molecule has 1 aliphatic rings. The highest BCUT2D eigenvalue weighted by Crippen LogP contribution is 2.21. The summed E-state index contributed by atoms with van der Waals surface area (Å²) in [4.78, 5) is 21.1. The normalized spacial score (nSPS) is 17.8. The van der Waals surface area contributed by atoms with Crippen LogP contribution in [0.1, 0.15) is 37.1 Å². The van der Waals surface area contributed by atoms with E-state index >= 15 is 0 Å². The Balaban J connectivity index is 1.35. The molecule has 0 aromatic carbocycles. The van der Waals surface area contributed by atoms with Crippen molar-refractivity contribution in [2.75, 3.05) is 33.2 Å². The Morgan fingerprint density at radius 2 is 2.29 bits per heavy atom. The number of likely N-dealkylation sites (N-methyl/N-ethyl adjacent to an activating group) is 1. The van der Waals surface area contributed by atoms with Crippen molar-refractivity contribution < 1.29 is 9.21 Å². The van der Waals surface area contributed by atoms with Gasteiger partial charge in [-0.2, -0.15) is 0 Å². The standard InChI is InChI=1S/C23H31N3O2/c1-25(17-13-21-8-2-3-14-24-21)23(27)12-11-20-7-4-15-26(19-20)16-5-9-22-10-6-18-28-22/h2-3,5-6,8-10,14,18,20H,4,7,11-13,15-17,19H2,1H3/b9-5+. The van der Waals surface area contributed by atoms with E-state index < -0.39 is 0 Å².